The average Bonchev–Trinajstić information content (AvgIpc) is 3.34. The quantitative estimate of drug-likeness (QED) is 0.566. The Hall–Kier alpha value is -2.84. The fourth-order valence-electron chi connectivity index (χ4n) is 5.71. The number of halogens is 1. The second-order valence-corrected chi connectivity index (χ2v) is 10.9. The fourth-order valence-corrected chi connectivity index (χ4v) is 6.61. The summed E-state index contributed by atoms with van der Waals surface area (Å²) in [5, 5.41) is 1.30. The van der Waals surface area contributed by atoms with Crippen molar-refractivity contribution in [2.75, 3.05) is 37.6 Å². The summed E-state index contributed by atoms with van der Waals surface area (Å²) in [6.45, 7) is 5.67. The summed E-state index contributed by atoms with van der Waals surface area (Å²) < 4.78 is 14.6. The van der Waals surface area contributed by atoms with Gasteiger partial charge in [0.2, 0.25) is 11.9 Å². The Morgan fingerprint density at radius 3 is 2.62 bits per heavy atom. The molecule has 6 rings (SSSR count). The molecule has 1 amide bonds. The minimum absolute atomic E-state index is 0.199. The van der Waals surface area contributed by atoms with E-state index in [1.54, 1.807) is 0 Å². The van der Waals surface area contributed by atoms with Crippen LogP contribution in [0.25, 0.3) is 15.7 Å². The summed E-state index contributed by atoms with van der Waals surface area (Å²) in [7, 11) is 0. The van der Waals surface area contributed by atoms with Crippen molar-refractivity contribution in [3.05, 3.63) is 59.0 Å². The van der Waals surface area contributed by atoms with E-state index in [0.717, 1.165) is 38.9 Å². The lowest BCUT2D eigenvalue weighted by Gasteiger charge is -2.41. The molecule has 3 aliphatic heterocycles. The normalized spacial score (nSPS) is 22.9. The molecule has 1 aromatic carbocycles. The van der Waals surface area contributed by atoms with E-state index in [1.807, 2.05) is 16.2 Å². The third-order valence-corrected chi connectivity index (χ3v) is 8.36. The zero-order chi connectivity index (χ0) is 23.2. The maximum atomic E-state index is 13.2. The zero-order valence-electron chi connectivity index (χ0n) is 19.3. The van der Waals surface area contributed by atoms with Crippen molar-refractivity contribution < 1.29 is 9.18 Å². The van der Waals surface area contributed by atoms with Crippen molar-refractivity contribution in [2.45, 2.75) is 38.3 Å². The van der Waals surface area contributed by atoms with Crippen LogP contribution in [0.15, 0.2) is 42.7 Å². The minimum atomic E-state index is -0.416. The second kappa shape index (κ2) is 8.74. The molecule has 5 heterocycles. The van der Waals surface area contributed by atoms with Crippen LogP contribution < -0.4 is 4.90 Å². The highest BCUT2D eigenvalue weighted by atomic mass is 32.1. The standard InChI is InChI=1S/C26H28FN5OS/c1-17-10-20-11-19(2-5-24(20)34-17)18-6-8-31(9-7-18)25(33)16-30-14-22-3-4-23(15-30)32(22)26-28-12-21(27)13-29-26/h2,5-6,10-13,22-23H,3-4,7-9,14-16H2,1H3. The highest BCUT2D eigenvalue weighted by Crippen LogP contribution is 2.33. The molecule has 0 radical (unpaired) electrons. The number of benzene rings is 1. The number of hydrogen-bond donors (Lipinski definition) is 0. The molecule has 2 saturated heterocycles. The van der Waals surface area contributed by atoms with Gasteiger partial charge in [0.1, 0.15) is 0 Å². The van der Waals surface area contributed by atoms with Crippen LogP contribution in [0.5, 0.6) is 0 Å². The first-order chi connectivity index (χ1) is 16.5. The van der Waals surface area contributed by atoms with Gasteiger partial charge in [0.25, 0.3) is 0 Å². The molecule has 0 spiro atoms. The van der Waals surface area contributed by atoms with Gasteiger partial charge in [-0.1, -0.05) is 12.1 Å². The number of aryl methyl sites for hydroxylation is 1. The van der Waals surface area contributed by atoms with Crippen LogP contribution in [0, 0.1) is 12.7 Å². The highest BCUT2D eigenvalue weighted by Gasteiger charge is 2.41. The molecule has 2 unspecified atom stereocenters. The van der Waals surface area contributed by atoms with Crippen LogP contribution in [-0.4, -0.2) is 70.5 Å². The summed E-state index contributed by atoms with van der Waals surface area (Å²) in [4.78, 5) is 29.3. The van der Waals surface area contributed by atoms with Gasteiger partial charge in [-0.2, -0.15) is 0 Å². The third kappa shape index (κ3) is 4.09. The van der Waals surface area contributed by atoms with E-state index >= 15 is 0 Å². The van der Waals surface area contributed by atoms with Crippen LogP contribution in [0.3, 0.4) is 0 Å². The molecule has 8 heteroatoms. The SMILES string of the molecule is Cc1cc2cc(C3=CCN(C(=O)CN4CC5CCC(C4)N5c4ncc(F)cn4)CC3)ccc2s1. The van der Waals surface area contributed by atoms with Gasteiger partial charge in [0.15, 0.2) is 5.82 Å². The van der Waals surface area contributed by atoms with Crippen molar-refractivity contribution in [3.8, 4) is 0 Å². The van der Waals surface area contributed by atoms with Gasteiger partial charge in [-0.05, 0) is 60.9 Å². The molecular weight excluding hydrogens is 449 g/mol. The van der Waals surface area contributed by atoms with Crippen LogP contribution in [0.2, 0.25) is 0 Å². The monoisotopic (exact) mass is 477 g/mol. The van der Waals surface area contributed by atoms with Crippen molar-refractivity contribution in [1.29, 1.82) is 0 Å². The van der Waals surface area contributed by atoms with Crippen molar-refractivity contribution in [1.82, 2.24) is 19.8 Å². The van der Waals surface area contributed by atoms with Crippen LogP contribution in [0.1, 0.15) is 29.7 Å². The van der Waals surface area contributed by atoms with Gasteiger partial charge in [0, 0.05) is 47.8 Å². The number of rotatable bonds is 4. The Kier molecular flexibility index (Phi) is 5.57. The number of carbonyl (C=O) groups excluding carboxylic acids is 1. The van der Waals surface area contributed by atoms with E-state index in [-0.39, 0.29) is 18.0 Å². The lowest BCUT2D eigenvalue weighted by Crippen LogP contribution is -2.56. The number of anilines is 1. The van der Waals surface area contributed by atoms with Crippen molar-refractivity contribution >= 4 is 38.9 Å². The maximum absolute atomic E-state index is 13.2. The second-order valence-electron chi connectivity index (χ2n) is 9.62. The highest BCUT2D eigenvalue weighted by molar-refractivity contribution is 7.19. The number of nitrogens with zero attached hydrogens (tertiary/aromatic N) is 5. The number of amides is 1. The Morgan fingerprint density at radius 1 is 1.15 bits per heavy atom. The molecule has 3 aliphatic rings. The van der Waals surface area contributed by atoms with Gasteiger partial charge in [-0.25, -0.2) is 14.4 Å². The summed E-state index contributed by atoms with van der Waals surface area (Å²) in [5.74, 6) is 0.385. The molecule has 2 bridgehead atoms. The number of piperazine rings is 1. The molecule has 2 atom stereocenters. The zero-order valence-corrected chi connectivity index (χ0v) is 20.1. The topological polar surface area (TPSA) is 52.6 Å². The van der Waals surface area contributed by atoms with E-state index in [0.29, 0.717) is 19.0 Å². The van der Waals surface area contributed by atoms with E-state index in [4.69, 9.17) is 0 Å². The maximum Gasteiger partial charge on any atom is 0.237 e. The predicted molar refractivity (Wildman–Crippen MR) is 133 cm³/mol. The van der Waals surface area contributed by atoms with E-state index < -0.39 is 5.82 Å². The summed E-state index contributed by atoms with van der Waals surface area (Å²) in [6.07, 6.45) is 7.68. The number of likely N-dealkylation sites (tertiary alicyclic amines) is 1. The van der Waals surface area contributed by atoms with Gasteiger partial charge >= 0.3 is 0 Å². The minimum Gasteiger partial charge on any atom is -0.338 e. The predicted octanol–water partition coefficient (Wildman–Crippen LogP) is 4.11. The van der Waals surface area contributed by atoms with Gasteiger partial charge in [0.05, 0.1) is 18.9 Å². The van der Waals surface area contributed by atoms with E-state index in [2.05, 4.69) is 57.0 Å². The number of thiophene rings is 1. The average molecular weight is 478 g/mol. The molecule has 3 aromatic rings. The van der Waals surface area contributed by atoms with Crippen LogP contribution in [-0.2, 0) is 4.79 Å². The van der Waals surface area contributed by atoms with E-state index in [9.17, 15) is 9.18 Å². The molecular formula is C26H28FN5OS. The number of carbonyl (C=O) groups is 1. The summed E-state index contributed by atoms with van der Waals surface area (Å²) >= 11 is 1.83. The van der Waals surface area contributed by atoms with Gasteiger partial charge in [-0.3, -0.25) is 9.69 Å². The molecule has 0 saturated carbocycles. The third-order valence-electron chi connectivity index (χ3n) is 7.33. The van der Waals surface area contributed by atoms with Crippen LogP contribution >= 0.6 is 11.3 Å². The van der Waals surface area contributed by atoms with Gasteiger partial charge in [-0.15, -0.1) is 11.3 Å². The number of hydrogen-bond acceptors (Lipinski definition) is 6. The first-order valence-electron chi connectivity index (χ1n) is 12.0. The number of fused-ring (bicyclic) bond motifs is 3. The number of aromatic nitrogens is 2. The Labute approximate surface area is 202 Å². The smallest absolute Gasteiger partial charge is 0.237 e. The molecule has 34 heavy (non-hydrogen) atoms. The van der Waals surface area contributed by atoms with Crippen LogP contribution in [0.4, 0.5) is 10.3 Å². The molecule has 2 fully saturated rings. The Bertz CT molecular complexity index is 1240. The Balaban J connectivity index is 1.07. The van der Waals surface area contributed by atoms with Gasteiger partial charge < -0.3 is 9.80 Å². The van der Waals surface area contributed by atoms with E-state index in [1.165, 1.54) is 38.5 Å². The van der Waals surface area contributed by atoms with Crippen molar-refractivity contribution in [3.63, 3.8) is 0 Å². The van der Waals surface area contributed by atoms with Crippen molar-refractivity contribution in [2.24, 2.45) is 0 Å². The first-order valence-corrected chi connectivity index (χ1v) is 12.8. The molecule has 0 aliphatic carbocycles. The summed E-state index contributed by atoms with van der Waals surface area (Å²) in [6, 6.07) is 9.51. The first kappa shape index (κ1) is 21.7. The molecule has 0 N–H and O–H groups in total. The fraction of sp³-hybridized carbons (Fsp3) is 0.423. The largest absolute Gasteiger partial charge is 0.338 e. The lowest BCUT2D eigenvalue weighted by atomic mass is 9.98. The summed E-state index contributed by atoms with van der Waals surface area (Å²) in [5.41, 5.74) is 2.61. The molecule has 6 nitrogen and oxygen atoms in total. The molecule has 176 valence electrons. The lowest BCUT2D eigenvalue weighted by molar-refractivity contribution is -0.132. The Morgan fingerprint density at radius 2 is 1.91 bits per heavy atom. The molecule has 2 aromatic heterocycles.